The molecule has 228 valence electrons. The Labute approximate surface area is 265 Å². The number of nitrogens with one attached hydrogen (secondary N) is 1. The average Bonchev–Trinajstić information content (AvgIpc) is 3.42. The molecule has 11 heteroatoms. The van der Waals surface area contributed by atoms with E-state index in [2.05, 4.69) is 21.3 Å². The fourth-order valence-electron chi connectivity index (χ4n) is 6.05. The van der Waals surface area contributed by atoms with E-state index in [1.807, 2.05) is 42.5 Å². The molecule has 44 heavy (non-hydrogen) atoms. The number of methoxy groups -OCH3 is 2. The first-order valence-electron chi connectivity index (χ1n) is 14.3. The second-order valence-electron chi connectivity index (χ2n) is 11.0. The van der Waals surface area contributed by atoms with Crippen molar-refractivity contribution in [3.8, 4) is 45.1 Å². The van der Waals surface area contributed by atoms with Crippen LogP contribution >= 0.6 is 23.2 Å². The molecule has 1 atom stereocenters. The van der Waals surface area contributed by atoms with Crippen molar-refractivity contribution in [2.75, 3.05) is 33.9 Å². The number of carboxylic acid groups (broad SMARTS) is 1. The molecule has 2 heterocycles. The van der Waals surface area contributed by atoms with E-state index in [0.717, 1.165) is 46.2 Å². The fourth-order valence-corrected chi connectivity index (χ4v) is 6.71. The van der Waals surface area contributed by atoms with E-state index >= 15 is 0 Å². The molecular weight excluding hydrogens is 603 g/mol. The number of β-amino-alcohol motifs (C(OH)–C–C–N with tert-alkyl or cyclic N) is 1. The number of halogens is 2. The number of carboxylic acids is 1. The number of aliphatic hydroxyl groups is 1. The Morgan fingerprint density at radius 2 is 1.70 bits per heavy atom. The van der Waals surface area contributed by atoms with Crippen LogP contribution in [-0.4, -0.2) is 71.0 Å². The summed E-state index contributed by atoms with van der Waals surface area (Å²) in [7, 11) is 3.18. The highest BCUT2D eigenvalue weighted by Gasteiger charge is 2.29. The van der Waals surface area contributed by atoms with Gasteiger partial charge in [-0.2, -0.15) is 0 Å². The van der Waals surface area contributed by atoms with Crippen LogP contribution in [0.25, 0.3) is 33.5 Å². The third kappa shape index (κ3) is 5.86. The number of aliphatic hydroxyl groups excluding tert-OH is 1. The summed E-state index contributed by atoms with van der Waals surface area (Å²) >= 11 is 14.1. The molecule has 4 aromatic rings. The van der Waals surface area contributed by atoms with Crippen LogP contribution in [0.3, 0.4) is 0 Å². The van der Waals surface area contributed by atoms with Crippen molar-refractivity contribution >= 4 is 29.2 Å². The zero-order chi connectivity index (χ0) is 31.0. The minimum atomic E-state index is -0.896. The Morgan fingerprint density at radius 3 is 2.36 bits per heavy atom. The molecule has 0 saturated carbocycles. The van der Waals surface area contributed by atoms with Crippen molar-refractivity contribution in [2.45, 2.75) is 31.5 Å². The van der Waals surface area contributed by atoms with Crippen molar-refractivity contribution in [1.82, 2.24) is 20.2 Å². The second-order valence-corrected chi connectivity index (χ2v) is 11.8. The van der Waals surface area contributed by atoms with Gasteiger partial charge in [0.2, 0.25) is 5.88 Å². The first kappa shape index (κ1) is 30.3. The van der Waals surface area contributed by atoms with E-state index in [-0.39, 0.29) is 18.7 Å². The standard InChI is InChI=1S/C33H32Cl2N4O5/c1-43-28-12-19(11-18-9-10-25(30(18)28)37-14-29(41)42)21-5-3-6-22(31(21)34)23-7-4-8-24(32(23)35)26-13-36-27(33(38-26)44-2)17-39-15-20(40)16-39/h3-8,11-13,20,25,37,40H,9-10,14-17H2,1-2H3,(H,41,42). The summed E-state index contributed by atoms with van der Waals surface area (Å²) in [6.45, 7) is 1.62. The van der Waals surface area contributed by atoms with Crippen molar-refractivity contribution in [3.63, 3.8) is 0 Å². The number of benzene rings is 3. The number of carbonyl (C=O) groups is 1. The van der Waals surface area contributed by atoms with Crippen molar-refractivity contribution < 1.29 is 24.5 Å². The van der Waals surface area contributed by atoms with Crippen LogP contribution in [0.1, 0.15) is 29.3 Å². The Bertz CT molecular complexity index is 1730. The number of likely N-dealkylation sites (tertiary alicyclic amines) is 1. The van der Waals surface area contributed by atoms with Crippen molar-refractivity contribution in [2.24, 2.45) is 0 Å². The zero-order valence-electron chi connectivity index (χ0n) is 24.3. The van der Waals surface area contributed by atoms with Gasteiger partial charge in [-0.05, 0) is 30.0 Å². The number of hydrogen-bond acceptors (Lipinski definition) is 8. The lowest BCUT2D eigenvalue weighted by atomic mass is 9.94. The number of hydrogen-bond donors (Lipinski definition) is 3. The summed E-state index contributed by atoms with van der Waals surface area (Å²) in [6.07, 6.45) is 2.97. The van der Waals surface area contributed by atoms with Gasteiger partial charge in [-0.25, -0.2) is 4.98 Å². The fraction of sp³-hybridized carbons (Fsp3) is 0.303. The van der Waals surface area contributed by atoms with Crippen molar-refractivity contribution in [3.05, 3.63) is 81.6 Å². The summed E-state index contributed by atoms with van der Waals surface area (Å²) < 4.78 is 11.3. The molecule has 1 saturated heterocycles. The lowest BCUT2D eigenvalue weighted by Crippen LogP contribution is -2.50. The highest BCUT2D eigenvalue weighted by atomic mass is 35.5. The van der Waals surface area contributed by atoms with Gasteiger partial charge in [-0.15, -0.1) is 0 Å². The van der Waals surface area contributed by atoms with E-state index < -0.39 is 5.97 Å². The smallest absolute Gasteiger partial charge is 0.317 e. The summed E-state index contributed by atoms with van der Waals surface area (Å²) in [5, 5.41) is 22.9. The van der Waals surface area contributed by atoms with Crippen molar-refractivity contribution in [1.29, 1.82) is 0 Å². The van der Waals surface area contributed by atoms with Gasteiger partial charge < -0.3 is 19.7 Å². The minimum absolute atomic E-state index is 0.0899. The molecule has 3 aromatic carbocycles. The molecule has 2 aliphatic rings. The zero-order valence-corrected chi connectivity index (χ0v) is 25.8. The van der Waals surface area contributed by atoms with E-state index in [0.29, 0.717) is 58.3 Å². The Kier molecular flexibility index (Phi) is 8.75. The predicted octanol–water partition coefficient (Wildman–Crippen LogP) is 5.64. The summed E-state index contributed by atoms with van der Waals surface area (Å²) in [6, 6.07) is 15.5. The molecule has 0 radical (unpaired) electrons. The summed E-state index contributed by atoms with van der Waals surface area (Å²) in [5.74, 6) is 0.212. The Hall–Kier alpha value is -3.73. The van der Waals surface area contributed by atoms with Crippen LogP contribution < -0.4 is 14.8 Å². The first-order chi connectivity index (χ1) is 21.3. The number of ether oxygens (including phenoxy) is 2. The number of fused-ring (bicyclic) bond motifs is 1. The molecule has 1 aromatic heterocycles. The van der Waals surface area contributed by atoms with E-state index in [1.165, 1.54) is 0 Å². The van der Waals surface area contributed by atoms with Crippen LogP contribution in [0.4, 0.5) is 0 Å². The molecule has 0 amide bonds. The van der Waals surface area contributed by atoms with Gasteiger partial charge in [0.15, 0.2) is 0 Å². The summed E-state index contributed by atoms with van der Waals surface area (Å²) in [4.78, 5) is 22.5. The van der Waals surface area contributed by atoms with Gasteiger partial charge >= 0.3 is 5.97 Å². The van der Waals surface area contributed by atoms with Crippen LogP contribution in [0.2, 0.25) is 10.0 Å². The molecule has 1 aliphatic heterocycles. The highest BCUT2D eigenvalue weighted by molar-refractivity contribution is 6.39. The van der Waals surface area contributed by atoms with Gasteiger partial charge in [-0.1, -0.05) is 65.7 Å². The number of aromatic nitrogens is 2. The lowest BCUT2D eigenvalue weighted by molar-refractivity contribution is -0.136. The van der Waals surface area contributed by atoms with Crippen LogP contribution in [0, 0.1) is 0 Å². The van der Waals surface area contributed by atoms with Gasteiger partial charge in [-0.3, -0.25) is 20.0 Å². The number of nitrogens with zero attached hydrogens (tertiary/aromatic N) is 3. The quantitative estimate of drug-likeness (QED) is 0.204. The molecular formula is C33H32Cl2N4O5. The molecule has 6 rings (SSSR count). The van der Waals surface area contributed by atoms with E-state index in [9.17, 15) is 9.90 Å². The molecule has 1 unspecified atom stereocenters. The monoisotopic (exact) mass is 634 g/mol. The number of rotatable bonds is 10. The van der Waals surface area contributed by atoms with Crippen LogP contribution in [0.15, 0.2) is 54.7 Å². The minimum Gasteiger partial charge on any atom is -0.496 e. The molecule has 0 bridgehead atoms. The lowest BCUT2D eigenvalue weighted by Gasteiger charge is -2.35. The number of aryl methyl sites for hydroxylation is 1. The summed E-state index contributed by atoms with van der Waals surface area (Å²) in [5.41, 5.74) is 7.31. The second kappa shape index (κ2) is 12.7. The maximum absolute atomic E-state index is 11.1. The van der Waals surface area contributed by atoms with Crippen LogP contribution in [0.5, 0.6) is 11.6 Å². The topological polar surface area (TPSA) is 117 Å². The third-order valence-corrected chi connectivity index (χ3v) is 9.00. The SMILES string of the molecule is COc1cc(-c2cccc(-c3cccc(-c4cnc(CN5CC(O)C5)c(OC)n4)c3Cl)c2Cl)cc2c1C(NCC(=O)O)CC2. The largest absolute Gasteiger partial charge is 0.496 e. The maximum atomic E-state index is 11.1. The predicted molar refractivity (Wildman–Crippen MR) is 169 cm³/mol. The maximum Gasteiger partial charge on any atom is 0.317 e. The Balaban J connectivity index is 1.33. The van der Waals surface area contributed by atoms with Gasteiger partial charge in [0.25, 0.3) is 0 Å². The van der Waals surface area contributed by atoms with E-state index in [1.54, 1.807) is 20.4 Å². The van der Waals surface area contributed by atoms with Gasteiger partial charge in [0.1, 0.15) is 11.4 Å². The third-order valence-electron chi connectivity index (χ3n) is 8.19. The Morgan fingerprint density at radius 1 is 1.02 bits per heavy atom. The van der Waals surface area contributed by atoms with Crippen LogP contribution in [-0.2, 0) is 17.8 Å². The van der Waals surface area contributed by atoms with Gasteiger partial charge in [0, 0.05) is 53.5 Å². The molecule has 3 N–H and O–H groups in total. The molecule has 1 aliphatic carbocycles. The number of aliphatic carboxylic acids is 1. The molecule has 9 nitrogen and oxygen atoms in total. The van der Waals surface area contributed by atoms with E-state index in [4.69, 9.17) is 42.8 Å². The van der Waals surface area contributed by atoms with Gasteiger partial charge in [0.05, 0.1) is 48.8 Å². The normalized spacial score (nSPS) is 16.4. The average molecular weight is 636 g/mol. The molecule has 1 fully saturated rings. The molecule has 0 spiro atoms. The highest BCUT2D eigenvalue weighted by Crippen LogP contribution is 2.45. The first-order valence-corrected chi connectivity index (χ1v) is 15.1.